The molecule has 0 spiro atoms. The monoisotopic (exact) mass is 283 g/mol. The van der Waals surface area contributed by atoms with E-state index in [1.54, 1.807) is 11.1 Å². The molecule has 1 aliphatic carbocycles. The molecule has 0 amide bonds. The van der Waals surface area contributed by atoms with Crippen molar-refractivity contribution in [2.45, 2.75) is 42.5 Å². The normalized spacial score (nSPS) is 13.5. The molecule has 1 aliphatic rings. The van der Waals surface area contributed by atoms with Crippen LogP contribution in [0.4, 0.5) is 0 Å². The first-order valence-electron chi connectivity index (χ1n) is 7.30. The maximum atomic E-state index is 3.27. The molecule has 0 radical (unpaired) electrons. The average molecular weight is 283 g/mol. The van der Waals surface area contributed by atoms with Crippen LogP contribution in [0.1, 0.15) is 28.7 Å². The van der Waals surface area contributed by atoms with Crippen molar-refractivity contribution < 1.29 is 0 Å². The second-order valence-electron chi connectivity index (χ2n) is 5.53. The third-order valence-corrected chi connectivity index (χ3v) is 4.99. The summed E-state index contributed by atoms with van der Waals surface area (Å²) in [4.78, 5) is 2.73. The van der Waals surface area contributed by atoms with Crippen LogP contribution in [-0.4, -0.2) is 7.05 Å². The highest BCUT2D eigenvalue weighted by molar-refractivity contribution is 7.99. The lowest BCUT2D eigenvalue weighted by molar-refractivity contribution is 0.802. The average Bonchev–Trinajstić information content (AvgIpc) is 2.89. The van der Waals surface area contributed by atoms with Crippen molar-refractivity contribution in [1.82, 2.24) is 5.32 Å². The number of fused-ring (bicyclic) bond motifs is 1. The molecule has 2 aromatic carbocycles. The predicted molar refractivity (Wildman–Crippen MR) is 86.5 cm³/mol. The van der Waals surface area contributed by atoms with Crippen LogP contribution in [0.3, 0.4) is 0 Å². The van der Waals surface area contributed by atoms with Crippen molar-refractivity contribution in [2.24, 2.45) is 0 Å². The van der Waals surface area contributed by atoms with Crippen LogP contribution in [0.5, 0.6) is 0 Å². The van der Waals surface area contributed by atoms with Crippen molar-refractivity contribution in [1.29, 1.82) is 0 Å². The first-order chi connectivity index (χ1) is 9.76. The van der Waals surface area contributed by atoms with Crippen LogP contribution in [0.2, 0.25) is 0 Å². The van der Waals surface area contributed by atoms with Crippen molar-refractivity contribution in [3.8, 4) is 0 Å². The molecule has 2 aromatic rings. The first-order valence-corrected chi connectivity index (χ1v) is 8.12. The summed E-state index contributed by atoms with van der Waals surface area (Å²) >= 11 is 1.89. The Morgan fingerprint density at radius 2 is 1.90 bits per heavy atom. The number of benzene rings is 2. The van der Waals surface area contributed by atoms with E-state index in [1.165, 1.54) is 40.2 Å². The van der Waals surface area contributed by atoms with Gasteiger partial charge in [-0.05, 0) is 68.1 Å². The molecule has 0 saturated heterocycles. The Balaban J connectivity index is 1.87. The highest BCUT2D eigenvalue weighted by Crippen LogP contribution is 2.34. The maximum Gasteiger partial charge on any atom is 0.0213 e. The van der Waals surface area contributed by atoms with Gasteiger partial charge in [0.25, 0.3) is 0 Å². The van der Waals surface area contributed by atoms with E-state index >= 15 is 0 Å². The third kappa shape index (κ3) is 2.92. The van der Waals surface area contributed by atoms with Crippen LogP contribution in [0, 0.1) is 6.92 Å². The van der Waals surface area contributed by atoms with Gasteiger partial charge in [-0.15, -0.1) is 0 Å². The molecule has 0 fully saturated rings. The lowest BCUT2D eigenvalue weighted by atomic mass is 10.1. The molecule has 3 rings (SSSR count). The summed E-state index contributed by atoms with van der Waals surface area (Å²) in [7, 11) is 2.01. The van der Waals surface area contributed by atoms with E-state index in [1.807, 2.05) is 18.8 Å². The molecule has 2 heteroatoms. The minimum atomic E-state index is 0.926. The number of rotatable bonds is 4. The fraction of sp³-hybridized carbons (Fsp3) is 0.333. The number of hydrogen-bond donors (Lipinski definition) is 1. The van der Waals surface area contributed by atoms with E-state index in [0.29, 0.717) is 0 Å². The maximum absolute atomic E-state index is 3.27. The molecule has 0 bridgehead atoms. The number of aryl methyl sites for hydroxylation is 3. The predicted octanol–water partition coefficient (Wildman–Crippen LogP) is 4.35. The smallest absolute Gasteiger partial charge is 0.0213 e. The Morgan fingerprint density at radius 1 is 1.05 bits per heavy atom. The van der Waals surface area contributed by atoms with E-state index in [4.69, 9.17) is 0 Å². The minimum Gasteiger partial charge on any atom is -0.316 e. The summed E-state index contributed by atoms with van der Waals surface area (Å²) in [6.07, 6.45) is 3.83. The van der Waals surface area contributed by atoms with Gasteiger partial charge >= 0.3 is 0 Å². The second kappa shape index (κ2) is 6.02. The van der Waals surface area contributed by atoms with E-state index < -0.39 is 0 Å². The van der Waals surface area contributed by atoms with Crippen molar-refractivity contribution in [3.63, 3.8) is 0 Å². The zero-order valence-electron chi connectivity index (χ0n) is 12.2. The summed E-state index contributed by atoms with van der Waals surface area (Å²) in [5, 5.41) is 3.27. The largest absolute Gasteiger partial charge is 0.316 e. The van der Waals surface area contributed by atoms with Crippen LogP contribution >= 0.6 is 11.8 Å². The molecule has 0 aliphatic heterocycles. The molecule has 1 N–H and O–H groups in total. The quantitative estimate of drug-likeness (QED) is 0.895. The van der Waals surface area contributed by atoms with Crippen molar-refractivity contribution >= 4 is 11.8 Å². The van der Waals surface area contributed by atoms with Crippen LogP contribution in [-0.2, 0) is 19.4 Å². The van der Waals surface area contributed by atoms with E-state index in [2.05, 4.69) is 48.6 Å². The van der Waals surface area contributed by atoms with Gasteiger partial charge in [-0.3, -0.25) is 0 Å². The molecule has 0 aromatic heterocycles. The van der Waals surface area contributed by atoms with Crippen molar-refractivity contribution in [3.05, 3.63) is 58.7 Å². The highest BCUT2D eigenvalue weighted by atomic mass is 32.2. The highest BCUT2D eigenvalue weighted by Gasteiger charge is 2.12. The summed E-state index contributed by atoms with van der Waals surface area (Å²) in [6, 6.07) is 13.7. The zero-order chi connectivity index (χ0) is 13.9. The van der Waals surface area contributed by atoms with Crippen LogP contribution in [0.15, 0.2) is 46.2 Å². The van der Waals surface area contributed by atoms with Crippen LogP contribution in [0.25, 0.3) is 0 Å². The van der Waals surface area contributed by atoms with Gasteiger partial charge in [0.2, 0.25) is 0 Å². The number of nitrogens with one attached hydrogen (secondary N) is 1. The van der Waals surface area contributed by atoms with E-state index in [9.17, 15) is 0 Å². The lowest BCUT2D eigenvalue weighted by Gasteiger charge is -2.11. The van der Waals surface area contributed by atoms with Gasteiger partial charge in [0.05, 0.1) is 0 Å². The van der Waals surface area contributed by atoms with Gasteiger partial charge in [0.1, 0.15) is 0 Å². The Kier molecular flexibility index (Phi) is 4.13. The zero-order valence-corrected chi connectivity index (χ0v) is 13.0. The van der Waals surface area contributed by atoms with Gasteiger partial charge < -0.3 is 5.32 Å². The Bertz CT molecular complexity index is 619. The van der Waals surface area contributed by atoms with Gasteiger partial charge in [-0.25, -0.2) is 0 Å². The topological polar surface area (TPSA) is 12.0 Å². The minimum absolute atomic E-state index is 0.926. The molecular weight excluding hydrogens is 262 g/mol. The molecule has 0 unspecified atom stereocenters. The molecule has 0 atom stereocenters. The summed E-state index contributed by atoms with van der Waals surface area (Å²) < 4.78 is 0. The Morgan fingerprint density at radius 3 is 2.75 bits per heavy atom. The van der Waals surface area contributed by atoms with Gasteiger partial charge in [0.15, 0.2) is 0 Å². The summed E-state index contributed by atoms with van der Waals surface area (Å²) in [5.41, 5.74) is 5.82. The number of hydrogen-bond acceptors (Lipinski definition) is 2. The molecule has 104 valence electrons. The summed E-state index contributed by atoms with van der Waals surface area (Å²) in [6.45, 7) is 3.08. The fourth-order valence-corrected chi connectivity index (χ4v) is 3.86. The molecule has 0 heterocycles. The lowest BCUT2D eigenvalue weighted by Crippen LogP contribution is -2.06. The van der Waals surface area contributed by atoms with Crippen molar-refractivity contribution in [2.75, 3.05) is 7.05 Å². The molecule has 0 saturated carbocycles. The SMILES string of the molecule is CNCc1cc(C)ccc1Sc1ccc2c(c1)CCC2. The Hall–Kier alpha value is -1.25. The molecular formula is C18H21NS. The fourth-order valence-electron chi connectivity index (χ4n) is 2.88. The first kappa shape index (κ1) is 13.7. The molecule has 1 nitrogen and oxygen atoms in total. The molecule has 20 heavy (non-hydrogen) atoms. The third-order valence-electron chi connectivity index (χ3n) is 3.88. The van der Waals surface area contributed by atoms with E-state index in [0.717, 1.165) is 6.54 Å². The standard InChI is InChI=1S/C18H21NS/c1-13-6-9-18(16(10-13)12-19-2)20-17-8-7-14-4-3-5-15(14)11-17/h6-11,19H,3-5,12H2,1-2H3. The van der Waals surface area contributed by atoms with Gasteiger partial charge in [-0.2, -0.15) is 0 Å². The Labute approximate surface area is 125 Å². The summed E-state index contributed by atoms with van der Waals surface area (Å²) in [5.74, 6) is 0. The van der Waals surface area contributed by atoms with E-state index in [-0.39, 0.29) is 0 Å². The van der Waals surface area contributed by atoms with Gasteiger partial charge in [0, 0.05) is 16.3 Å². The van der Waals surface area contributed by atoms with Gasteiger partial charge in [-0.1, -0.05) is 35.5 Å². The van der Waals surface area contributed by atoms with Crippen LogP contribution < -0.4 is 5.32 Å². The second-order valence-corrected chi connectivity index (χ2v) is 6.64.